The minimum Gasteiger partial charge on any atom is -0.491 e. The molecule has 0 heterocycles. The SMILES string of the molecule is CC(C)Oc1cccc(C(=O)NC2CCCCC2CN)c1. The van der Waals surface area contributed by atoms with Crippen LogP contribution in [0.25, 0.3) is 0 Å². The first-order chi connectivity index (χ1) is 10.1. The molecule has 0 aromatic heterocycles. The molecule has 0 saturated heterocycles. The van der Waals surface area contributed by atoms with Crippen molar-refractivity contribution in [2.45, 2.75) is 51.7 Å². The molecular weight excluding hydrogens is 264 g/mol. The standard InChI is InChI=1S/C17H26N2O2/c1-12(2)21-15-8-5-7-13(10-15)17(20)19-16-9-4-3-6-14(16)11-18/h5,7-8,10,12,14,16H,3-4,6,9,11,18H2,1-2H3,(H,19,20). The van der Waals surface area contributed by atoms with Crippen LogP contribution in [0.2, 0.25) is 0 Å². The molecule has 1 saturated carbocycles. The molecule has 2 rings (SSSR count). The molecule has 1 aliphatic rings. The minimum absolute atomic E-state index is 0.0328. The Morgan fingerprint density at radius 3 is 2.86 bits per heavy atom. The Morgan fingerprint density at radius 1 is 1.38 bits per heavy atom. The lowest BCUT2D eigenvalue weighted by atomic mass is 9.84. The van der Waals surface area contributed by atoms with E-state index in [4.69, 9.17) is 10.5 Å². The first kappa shape index (κ1) is 15.8. The summed E-state index contributed by atoms with van der Waals surface area (Å²) in [7, 11) is 0. The molecule has 3 N–H and O–H groups in total. The van der Waals surface area contributed by atoms with E-state index in [9.17, 15) is 4.79 Å². The van der Waals surface area contributed by atoms with E-state index in [0.29, 0.717) is 18.0 Å². The second-order valence-electron chi connectivity index (χ2n) is 6.05. The number of ether oxygens (including phenoxy) is 1. The molecule has 2 unspecified atom stereocenters. The Labute approximate surface area is 127 Å². The molecule has 0 aliphatic heterocycles. The van der Waals surface area contributed by atoms with Crippen LogP contribution in [0.5, 0.6) is 5.75 Å². The lowest BCUT2D eigenvalue weighted by Gasteiger charge is -2.31. The fourth-order valence-electron chi connectivity index (χ4n) is 2.91. The highest BCUT2D eigenvalue weighted by Gasteiger charge is 2.25. The first-order valence-electron chi connectivity index (χ1n) is 7.88. The van der Waals surface area contributed by atoms with E-state index in [2.05, 4.69) is 5.32 Å². The first-order valence-corrected chi connectivity index (χ1v) is 7.88. The summed E-state index contributed by atoms with van der Waals surface area (Å²) in [5.41, 5.74) is 6.46. The number of hydrogen-bond acceptors (Lipinski definition) is 3. The van der Waals surface area contributed by atoms with Crippen molar-refractivity contribution in [2.24, 2.45) is 11.7 Å². The van der Waals surface area contributed by atoms with Gasteiger partial charge in [0.2, 0.25) is 0 Å². The third kappa shape index (κ3) is 4.46. The number of nitrogens with two attached hydrogens (primary N) is 1. The van der Waals surface area contributed by atoms with E-state index in [1.165, 1.54) is 6.42 Å². The van der Waals surface area contributed by atoms with Crippen LogP contribution in [0.1, 0.15) is 49.9 Å². The highest BCUT2D eigenvalue weighted by molar-refractivity contribution is 5.94. The summed E-state index contributed by atoms with van der Waals surface area (Å²) < 4.78 is 5.64. The second-order valence-corrected chi connectivity index (χ2v) is 6.05. The lowest BCUT2D eigenvalue weighted by Crippen LogP contribution is -2.44. The Morgan fingerprint density at radius 2 is 2.14 bits per heavy atom. The maximum atomic E-state index is 12.4. The maximum Gasteiger partial charge on any atom is 0.251 e. The number of rotatable bonds is 5. The van der Waals surface area contributed by atoms with Gasteiger partial charge in [0.15, 0.2) is 0 Å². The summed E-state index contributed by atoms with van der Waals surface area (Å²) in [6.07, 6.45) is 4.61. The van der Waals surface area contributed by atoms with Crippen LogP contribution in [-0.4, -0.2) is 24.6 Å². The minimum atomic E-state index is -0.0328. The maximum absolute atomic E-state index is 12.4. The average molecular weight is 290 g/mol. The van der Waals surface area contributed by atoms with Crippen molar-refractivity contribution in [2.75, 3.05) is 6.54 Å². The van der Waals surface area contributed by atoms with Gasteiger partial charge in [0.1, 0.15) is 5.75 Å². The Balaban J connectivity index is 2.02. The van der Waals surface area contributed by atoms with Gasteiger partial charge in [0.25, 0.3) is 5.91 Å². The largest absolute Gasteiger partial charge is 0.491 e. The summed E-state index contributed by atoms with van der Waals surface area (Å²) >= 11 is 0. The van der Waals surface area contributed by atoms with Crippen molar-refractivity contribution in [1.29, 1.82) is 0 Å². The number of amides is 1. The van der Waals surface area contributed by atoms with Gasteiger partial charge in [-0.3, -0.25) is 4.79 Å². The third-order valence-electron chi connectivity index (χ3n) is 4.00. The molecule has 1 amide bonds. The van der Waals surface area contributed by atoms with Crippen LogP contribution in [0.15, 0.2) is 24.3 Å². The van der Waals surface area contributed by atoms with Crippen molar-refractivity contribution in [3.63, 3.8) is 0 Å². The molecule has 1 aromatic rings. The van der Waals surface area contributed by atoms with Crippen molar-refractivity contribution < 1.29 is 9.53 Å². The zero-order chi connectivity index (χ0) is 15.2. The monoisotopic (exact) mass is 290 g/mol. The summed E-state index contributed by atoms with van der Waals surface area (Å²) in [5, 5.41) is 3.14. The molecule has 0 bridgehead atoms. The van der Waals surface area contributed by atoms with Crippen molar-refractivity contribution in [3.8, 4) is 5.75 Å². The number of nitrogens with one attached hydrogen (secondary N) is 1. The highest BCUT2D eigenvalue weighted by Crippen LogP contribution is 2.24. The molecular formula is C17H26N2O2. The highest BCUT2D eigenvalue weighted by atomic mass is 16.5. The van der Waals surface area contributed by atoms with Crippen LogP contribution < -0.4 is 15.8 Å². The summed E-state index contributed by atoms with van der Waals surface area (Å²) in [4.78, 5) is 12.4. The van der Waals surface area contributed by atoms with E-state index in [1.807, 2.05) is 32.0 Å². The molecule has 116 valence electrons. The predicted molar refractivity (Wildman–Crippen MR) is 84.5 cm³/mol. The Hall–Kier alpha value is -1.55. The average Bonchev–Trinajstić information content (AvgIpc) is 2.47. The molecule has 4 nitrogen and oxygen atoms in total. The van der Waals surface area contributed by atoms with E-state index >= 15 is 0 Å². The van der Waals surface area contributed by atoms with E-state index < -0.39 is 0 Å². The number of carbonyl (C=O) groups is 1. The van der Waals surface area contributed by atoms with Gasteiger partial charge in [-0.15, -0.1) is 0 Å². The molecule has 1 aliphatic carbocycles. The van der Waals surface area contributed by atoms with Crippen molar-refractivity contribution >= 4 is 5.91 Å². The van der Waals surface area contributed by atoms with Gasteiger partial charge in [-0.1, -0.05) is 18.9 Å². The van der Waals surface area contributed by atoms with Gasteiger partial charge in [-0.25, -0.2) is 0 Å². The van der Waals surface area contributed by atoms with Crippen LogP contribution in [0.3, 0.4) is 0 Å². The van der Waals surface area contributed by atoms with Gasteiger partial charge in [0, 0.05) is 11.6 Å². The fourth-order valence-corrected chi connectivity index (χ4v) is 2.91. The topological polar surface area (TPSA) is 64.3 Å². The van der Waals surface area contributed by atoms with Crippen LogP contribution in [0.4, 0.5) is 0 Å². The van der Waals surface area contributed by atoms with Gasteiger partial charge < -0.3 is 15.8 Å². The van der Waals surface area contributed by atoms with Crippen LogP contribution in [-0.2, 0) is 0 Å². The predicted octanol–water partition coefficient (Wildman–Crippen LogP) is 2.72. The van der Waals surface area contributed by atoms with Gasteiger partial charge in [0.05, 0.1) is 6.10 Å². The second kappa shape index (κ2) is 7.46. The molecule has 1 aromatic carbocycles. The summed E-state index contributed by atoms with van der Waals surface area (Å²) in [6.45, 7) is 4.59. The van der Waals surface area contributed by atoms with E-state index in [-0.39, 0.29) is 18.1 Å². The molecule has 2 atom stereocenters. The van der Waals surface area contributed by atoms with E-state index in [1.54, 1.807) is 6.07 Å². The Kier molecular flexibility index (Phi) is 5.62. The summed E-state index contributed by atoms with van der Waals surface area (Å²) in [5.74, 6) is 1.10. The number of carbonyl (C=O) groups excluding carboxylic acids is 1. The molecule has 4 heteroatoms. The number of benzene rings is 1. The molecule has 0 radical (unpaired) electrons. The summed E-state index contributed by atoms with van der Waals surface area (Å²) in [6, 6.07) is 7.55. The van der Waals surface area contributed by atoms with Gasteiger partial charge >= 0.3 is 0 Å². The molecule has 21 heavy (non-hydrogen) atoms. The van der Waals surface area contributed by atoms with E-state index in [0.717, 1.165) is 25.0 Å². The lowest BCUT2D eigenvalue weighted by molar-refractivity contribution is 0.0907. The number of hydrogen-bond donors (Lipinski definition) is 2. The zero-order valence-electron chi connectivity index (χ0n) is 13.0. The molecule has 0 spiro atoms. The fraction of sp³-hybridized carbons (Fsp3) is 0.588. The zero-order valence-corrected chi connectivity index (χ0v) is 13.0. The normalized spacial score (nSPS) is 22.1. The van der Waals surface area contributed by atoms with Crippen LogP contribution >= 0.6 is 0 Å². The quantitative estimate of drug-likeness (QED) is 0.876. The van der Waals surface area contributed by atoms with Gasteiger partial charge in [-0.2, -0.15) is 0 Å². The smallest absolute Gasteiger partial charge is 0.251 e. The van der Waals surface area contributed by atoms with Gasteiger partial charge in [-0.05, 0) is 57.4 Å². The Bertz CT molecular complexity index is 474. The third-order valence-corrected chi connectivity index (χ3v) is 4.00. The molecule has 1 fully saturated rings. The van der Waals surface area contributed by atoms with Crippen LogP contribution in [0, 0.1) is 5.92 Å². The van der Waals surface area contributed by atoms with Crippen molar-refractivity contribution in [1.82, 2.24) is 5.32 Å². The van der Waals surface area contributed by atoms with Crippen molar-refractivity contribution in [3.05, 3.63) is 29.8 Å².